The standard InChI is InChI=1S/C24H30N2O3/c1-18-8-10-22(11-9-18)29-16-4-7-23(27)26-14-12-21(13-15-26)25-24(28)20-6-3-5-19(2)17-20/h3,5-6,8-11,17,21H,4,7,12-16H2,1-2H3,(H,25,28). The molecule has 1 aliphatic rings. The second-order valence-corrected chi connectivity index (χ2v) is 7.76. The van der Waals surface area contributed by atoms with E-state index in [9.17, 15) is 9.59 Å². The first-order valence-electron chi connectivity index (χ1n) is 10.4. The molecule has 29 heavy (non-hydrogen) atoms. The highest BCUT2D eigenvalue weighted by Gasteiger charge is 2.23. The van der Waals surface area contributed by atoms with E-state index in [1.54, 1.807) is 0 Å². The molecule has 3 rings (SSSR count). The highest BCUT2D eigenvalue weighted by molar-refractivity contribution is 5.94. The van der Waals surface area contributed by atoms with Gasteiger partial charge in [-0.3, -0.25) is 9.59 Å². The minimum absolute atomic E-state index is 0.0354. The van der Waals surface area contributed by atoms with E-state index in [0.29, 0.717) is 38.1 Å². The van der Waals surface area contributed by atoms with Gasteiger partial charge < -0.3 is 15.0 Å². The highest BCUT2D eigenvalue weighted by Crippen LogP contribution is 2.15. The van der Waals surface area contributed by atoms with Gasteiger partial charge in [0.1, 0.15) is 5.75 Å². The fourth-order valence-electron chi connectivity index (χ4n) is 3.53. The summed E-state index contributed by atoms with van der Waals surface area (Å²) in [5.41, 5.74) is 2.97. The summed E-state index contributed by atoms with van der Waals surface area (Å²) < 4.78 is 5.69. The van der Waals surface area contributed by atoms with Crippen LogP contribution < -0.4 is 10.1 Å². The number of rotatable bonds is 7. The number of amides is 2. The maximum Gasteiger partial charge on any atom is 0.251 e. The van der Waals surface area contributed by atoms with Gasteiger partial charge >= 0.3 is 0 Å². The van der Waals surface area contributed by atoms with Gasteiger partial charge in [-0.25, -0.2) is 0 Å². The second kappa shape index (κ2) is 10.1. The van der Waals surface area contributed by atoms with Gasteiger partial charge in [-0.05, 0) is 57.4 Å². The summed E-state index contributed by atoms with van der Waals surface area (Å²) >= 11 is 0. The van der Waals surface area contributed by atoms with E-state index < -0.39 is 0 Å². The molecule has 5 heteroatoms. The molecule has 0 bridgehead atoms. The van der Waals surface area contributed by atoms with Crippen molar-refractivity contribution in [2.75, 3.05) is 19.7 Å². The van der Waals surface area contributed by atoms with Crippen LogP contribution in [0.3, 0.4) is 0 Å². The van der Waals surface area contributed by atoms with Crippen LogP contribution in [-0.2, 0) is 4.79 Å². The lowest BCUT2D eigenvalue weighted by Gasteiger charge is -2.32. The Kier molecular flexibility index (Phi) is 7.28. The van der Waals surface area contributed by atoms with Gasteiger partial charge in [0.2, 0.25) is 5.91 Å². The Balaban J connectivity index is 1.34. The Morgan fingerprint density at radius 2 is 1.76 bits per heavy atom. The van der Waals surface area contributed by atoms with Crippen LogP contribution in [0.1, 0.15) is 47.2 Å². The smallest absolute Gasteiger partial charge is 0.251 e. The molecule has 1 heterocycles. The Morgan fingerprint density at radius 3 is 2.45 bits per heavy atom. The molecule has 1 saturated heterocycles. The maximum atomic E-state index is 12.4. The van der Waals surface area contributed by atoms with E-state index in [0.717, 1.165) is 24.2 Å². The summed E-state index contributed by atoms with van der Waals surface area (Å²) in [4.78, 5) is 26.7. The van der Waals surface area contributed by atoms with Crippen LogP contribution in [0, 0.1) is 13.8 Å². The van der Waals surface area contributed by atoms with Crippen LogP contribution in [0.2, 0.25) is 0 Å². The van der Waals surface area contributed by atoms with Gasteiger partial charge in [-0.2, -0.15) is 0 Å². The van der Waals surface area contributed by atoms with Crippen LogP contribution >= 0.6 is 0 Å². The largest absolute Gasteiger partial charge is 0.494 e. The van der Waals surface area contributed by atoms with Crippen LogP contribution in [0.15, 0.2) is 48.5 Å². The molecular weight excluding hydrogens is 364 g/mol. The minimum atomic E-state index is -0.0354. The van der Waals surface area contributed by atoms with Crippen LogP contribution in [0.25, 0.3) is 0 Å². The second-order valence-electron chi connectivity index (χ2n) is 7.76. The third kappa shape index (κ3) is 6.34. The predicted molar refractivity (Wildman–Crippen MR) is 114 cm³/mol. The summed E-state index contributed by atoms with van der Waals surface area (Å²) in [6.45, 7) is 5.94. The van der Waals surface area contributed by atoms with Gasteiger partial charge in [0.25, 0.3) is 5.91 Å². The number of nitrogens with zero attached hydrogens (tertiary/aromatic N) is 1. The van der Waals surface area contributed by atoms with E-state index in [1.165, 1.54) is 5.56 Å². The van der Waals surface area contributed by atoms with Gasteiger partial charge in [-0.15, -0.1) is 0 Å². The zero-order valence-electron chi connectivity index (χ0n) is 17.3. The molecular formula is C24H30N2O3. The Hall–Kier alpha value is -2.82. The van der Waals surface area contributed by atoms with Crippen molar-refractivity contribution >= 4 is 11.8 Å². The number of nitrogens with one attached hydrogen (secondary N) is 1. The van der Waals surface area contributed by atoms with Crippen molar-refractivity contribution in [1.29, 1.82) is 0 Å². The monoisotopic (exact) mass is 394 g/mol. The van der Waals surface area contributed by atoms with Crippen molar-refractivity contribution in [2.45, 2.75) is 45.6 Å². The average molecular weight is 395 g/mol. The first-order chi connectivity index (χ1) is 14.0. The minimum Gasteiger partial charge on any atom is -0.494 e. The topological polar surface area (TPSA) is 58.6 Å². The maximum absolute atomic E-state index is 12.4. The zero-order chi connectivity index (χ0) is 20.6. The molecule has 0 radical (unpaired) electrons. The van der Waals surface area contributed by atoms with Crippen molar-refractivity contribution in [3.63, 3.8) is 0 Å². The van der Waals surface area contributed by atoms with Crippen molar-refractivity contribution in [3.05, 3.63) is 65.2 Å². The quantitative estimate of drug-likeness (QED) is 0.725. The summed E-state index contributed by atoms with van der Waals surface area (Å²) in [5, 5.41) is 3.10. The summed E-state index contributed by atoms with van der Waals surface area (Å²) in [6.07, 6.45) is 2.79. The molecule has 0 saturated carbocycles. The zero-order valence-corrected chi connectivity index (χ0v) is 17.3. The number of hydrogen-bond acceptors (Lipinski definition) is 3. The molecule has 0 aromatic heterocycles. The number of aryl methyl sites for hydroxylation is 2. The molecule has 0 atom stereocenters. The number of likely N-dealkylation sites (tertiary alicyclic amines) is 1. The number of ether oxygens (including phenoxy) is 1. The normalized spacial score (nSPS) is 14.5. The lowest BCUT2D eigenvalue weighted by atomic mass is 10.0. The molecule has 2 amide bonds. The van der Waals surface area contributed by atoms with Gasteiger partial charge in [0.05, 0.1) is 6.61 Å². The van der Waals surface area contributed by atoms with Crippen LogP contribution in [0.5, 0.6) is 5.75 Å². The number of hydrogen-bond donors (Lipinski definition) is 1. The fourth-order valence-corrected chi connectivity index (χ4v) is 3.53. The van der Waals surface area contributed by atoms with Gasteiger partial charge in [-0.1, -0.05) is 35.4 Å². The summed E-state index contributed by atoms with van der Waals surface area (Å²) in [6, 6.07) is 15.7. The van der Waals surface area contributed by atoms with E-state index in [2.05, 4.69) is 5.32 Å². The van der Waals surface area contributed by atoms with Gasteiger partial charge in [0, 0.05) is 31.1 Å². The van der Waals surface area contributed by atoms with Crippen molar-refractivity contribution in [1.82, 2.24) is 10.2 Å². The molecule has 1 N–H and O–H groups in total. The SMILES string of the molecule is Cc1ccc(OCCCC(=O)N2CCC(NC(=O)c3cccc(C)c3)CC2)cc1. The van der Waals surface area contributed by atoms with Gasteiger partial charge in [0.15, 0.2) is 0 Å². The molecule has 0 unspecified atom stereocenters. The third-order valence-electron chi connectivity index (χ3n) is 5.29. The molecule has 2 aromatic rings. The Morgan fingerprint density at radius 1 is 1.03 bits per heavy atom. The number of carbonyl (C=O) groups is 2. The van der Waals surface area contributed by atoms with Crippen LogP contribution in [-0.4, -0.2) is 42.5 Å². The predicted octanol–water partition coefficient (Wildman–Crippen LogP) is 3.88. The highest BCUT2D eigenvalue weighted by atomic mass is 16.5. The Bertz CT molecular complexity index is 824. The van der Waals surface area contributed by atoms with Crippen LogP contribution in [0.4, 0.5) is 0 Å². The molecule has 154 valence electrons. The fraction of sp³-hybridized carbons (Fsp3) is 0.417. The number of benzene rings is 2. The van der Waals surface area contributed by atoms with Crippen molar-refractivity contribution in [3.8, 4) is 5.75 Å². The molecule has 5 nitrogen and oxygen atoms in total. The average Bonchev–Trinajstić information content (AvgIpc) is 2.73. The molecule has 1 fully saturated rings. The van der Waals surface area contributed by atoms with E-state index in [1.807, 2.05) is 67.3 Å². The summed E-state index contributed by atoms with van der Waals surface area (Å²) in [5.74, 6) is 0.973. The van der Waals surface area contributed by atoms with E-state index in [-0.39, 0.29) is 17.9 Å². The Labute approximate surface area is 173 Å². The number of carbonyl (C=O) groups excluding carboxylic acids is 2. The van der Waals surface area contributed by atoms with Crippen molar-refractivity contribution in [2.24, 2.45) is 0 Å². The lowest BCUT2D eigenvalue weighted by Crippen LogP contribution is -2.46. The first kappa shape index (κ1) is 20.9. The lowest BCUT2D eigenvalue weighted by molar-refractivity contribution is -0.132. The van der Waals surface area contributed by atoms with E-state index in [4.69, 9.17) is 4.74 Å². The first-order valence-corrected chi connectivity index (χ1v) is 10.4. The molecule has 0 aliphatic carbocycles. The molecule has 1 aliphatic heterocycles. The molecule has 2 aromatic carbocycles. The third-order valence-corrected chi connectivity index (χ3v) is 5.29. The summed E-state index contributed by atoms with van der Waals surface area (Å²) in [7, 11) is 0. The number of piperidine rings is 1. The van der Waals surface area contributed by atoms with Crippen molar-refractivity contribution < 1.29 is 14.3 Å². The molecule has 0 spiro atoms. The van der Waals surface area contributed by atoms with E-state index >= 15 is 0 Å².